The Labute approximate surface area is 173 Å². The van der Waals surface area contributed by atoms with Crippen molar-refractivity contribution in [3.8, 4) is 0 Å². The van der Waals surface area contributed by atoms with Crippen LogP contribution in [0.1, 0.15) is 30.9 Å². The molecular weight excluding hydrogens is 396 g/mol. The van der Waals surface area contributed by atoms with E-state index in [9.17, 15) is 14.4 Å². The zero-order valence-electron chi connectivity index (χ0n) is 15.7. The molecule has 0 bridgehead atoms. The van der Waals surface area contributed by atoms with Gasteiger partial charge in [-0.15, -0.1) is 0 Å². The van der Waals surface area contributed by atoms with E-state index in [0.29, 0.717) is 17.1 Å². The Morgan fingerprint density at radius 2 is 1.82 bits per heavy atom. The minimum absolute atomic E-state index is 0.0325. The highest BCUT2D eigenvalue weighted by atomic mass is 32.2. The molecule has 0 fully saturated rings. The fraction of sp³-hybridized carbons (Fsp3) is 0.300. The summed E-state index contributed by atoms with van der Waals surface area (Å²) < 4.78 is 0. The van der Waals surface area contributed by atoms with E-state index in [-0.39, 0.29) is 23.1 Å². The third-order valence-corrected chi connectivity index (χ3v) is 5.72. The van der Waals surface area contributed by atoms with E-state index in [1.54, 1.807) is 19.1 Å². The Morgan fingerprint density at radius 3 is 2.39 bits per heavy atom. The summed E-state index contributed by atoms with van der Waals surface area (Å²) in [5, 5.41) is 8.62. The maximum Gasteiger partial charge on any atom is 0.320 e. The van der Waals surface area contributed by atoms with Crippen molar-refractivity contribution in [3.63, 3.8) is 0 Å². The van der Waals surface area contributed by atoms with Crippen LogP contribution in [0.2, 0.25) is 0 Å². The number of nitrogens with zero attached hydrogens (tertiary/aromatic N) is 1. The van der Waals surface area contributed by atoms with Gasteiger partial charge in [0.05, 0.1) is 0 Å². The molecule has 6 nitrogen and oxygen atoms in total. The molecule has 28 heavy (non-hydrogen) atoms. The summed E-state index contributed by atoms with van der Waals surface area (Å²) in [6.07, 6.45) is 5.09. The second-order valence-corrected chi connectivity index (χ2v) is 7.84. The van der Waals surface area contributed by atoms with E-state index >= 15 is 0 Å². The zero-order valence-corrected chi connectivity index (χ0v) is 17.3. The van der Waals surface area contributed by atoms with Gasteiger partial charge in [0.25, 0.3) is 0 Å². The summed E-state index contributed by atoms with van der Waals surface area (Å²) in [5.41, 5.74) is 7.99. The van der Waals surface area contributed by atoms with Gasteiger partial charge in [-0.25, -0.2) is 0 Å². The molecule has 0 aliphatic rings. The Kier molecular flexibility index (Phi) is 11.2. The van der Waals surface area contributed by atoms with Gasteiger partial charge in [0.1, 0.15) is 6.04 Å². The van der Waals surface area contributed by atoms with Gasteiger partial charge >= 0.3 is 5.97 Å². The number of aliphatic imine (C=N–C) groups is 1. The molecular formula is C20H24N2O4S2. The van der Waals surface area contributed by atoms with Gasteiger partial charge in [-0.05, 0) is 37.3 Å². The third kappa shape index (κ3) is 9.16. The Balaban J connectivity index is 2.58. The second-order valence-electron chi connectivity index (χ2n) is 5.86. The molecule has 0 radical (unpaired) electrons. The number of benzene rings is 1. The molecule has 0 amide bonds. The number of nitrogens with two attached hydrogens (primary N) is 1. The Morgan fingerprint density at radius 1 is 1.21 bits per heavy atom. The second kappa shape index (κ2) is 13.1. The summed E-state index contributed by atoms with van der Waals surface area (Å²) >= 11 is 2.33. The highest BCUT2D eigenvalue weighted by Crippen LogP contribution is 2.24. The maximum absolute atomic E-state index is 12.2. The number of carboxylic acid groups (broad SMARTS) is 1. The lowest BCUT2D eigenvalue weighted by Crippen LogP contribution is -2.30. The smallest absolute Gasteiger partial charge is 0.320 e. The van der Waals surface area contributed by atoms with E-state index in [2.05, 4.69) is 11.7 Å². The summed E-state index contributed by atoms with van der Waals surface area (Å²) in [5.74, 6) is -0.137. The number of aliphatic carboxylic acids is 1. The van der Waals surface area contributed by atoms with Crippen molar-refractivity contribution in [2.24, 2.45) is 10.7 Å². The summed E-state index contributed by atoms with van der Waals surface area (Å²) in [4.78, 5) is 38.4. The lowest BCUT2D eigenvalue weighted by Gasteiger charge is -2.09. The first-order chi connectivity index (χ1) is 13.3. The fourth-order valence-corrected chi connectivity index (χ4v) is 3.76. The van der Waals surface area contributed by atoms with Crippen LogP contribution in [0.3, 0.4) is 0 Å². The SMILES string of the molecule is C=N/C=C\C=C(/C)C(=O)SCc1ccccc1CSC(=O)CC[C@H](N)C(=O)O. The quantitative estimate of drug-likeness (QED) is 0.320. The average Bonchev–Trinajstić information content (AvgIpc) is 2.69. The van der Waals surface area contributed by atoms with Crippen LogP contribution in [0.5, 0.6) is 0 Å². The van der Waals surface area contributed by atoms with Crippen molar-refractivity contribution in [1.29, 1.82) is 0 Å². The Hall–Kier alpha value is -2.16. The van der Waals surface area contributed by atoms with Gasteiger partial charge in [-0.1, -0.05) is 53.9 Å². The molecule has 0 heterocycles. The molecule has 0 saturated heterocycles. The maximum atomic E-state index is 12.2. The number of rotatable bonds is 11. The zero-order chi connectivity index (χ0) is 20.9. The van der Waals surface area contributed by atoms with Crippen molar-refractivity contribution in [3.05, 3.63) is 59.3 Å². The van der Waals surface area contributed by atoms with Gasteiger partial charge in [0, 0.05) is 29.7 Å². The molecule has 0 aliphatic heterocycles. The molecule has 150 valence electrons. The van der Waals surface area contributed by atoms with Crippen LogP contribution in [0, 0.1) is 0 Å². The highest BCUT2D eigenvalue weighted by Gasteiger charge is 2.14. The molecule has 0 spiro atoms. The fourth-order valence-electron chi connectivity index (χ4n) is 2.04. The number of allylic oxidation sites excluding steroid dienone is 2. The van der Waals surface area contributed by atoms with E-state index in [4.69, 9.17) is 10.8 Å². The van der Waals surface area contributed by atoms with E-state index in [1.807, 2.05) is 24.3 Å². The minimum atomic E-state index is -1.11. The standard InChI is InChI=1S/C20H24N2O4S2/c1-14(6-5-11-22-2)20(26)28-13-16-8-4-3-7-15(16)12-27-18(23)10-9-17(21)19(24)25/h3-8,11,17H,2,9-10,12-13,21H2,1H3,(H,24,25)/b11-5-,14-6+/t17-/m0/s1. The van der Waals surface area contributed by atoms with Crippen molar-refractivity contribution in [2.75, 3.05) is 0 Å². The predicted molar refractivity (Wildman–Crippen MR) is 116 cm³/mol. The molecule has 0 aliphatic carbocycles. The van der Waals surface area contributed by atoms with Crippen LogP contribution in [0.4, 0.5) is 0 Å². The monoisotopic (exact) mass is 420 g/mol. The van der Waals surface area contributed by atoms with Crippen LogP contribution in [-0.4, -0.2) is 34.1 Å². The summed E-state index contributed by atoms with van der Waals surface area (Å²) in [7, 11) is 0. The molecule has 0 saturated carbocycles. The van der Waals surface area contributed by atoms with Crippen molar-refractivity contribution < 1.29 is 19.5 Å². The molecule has 8 heteroatoms. The van der Waals surface area contributed by atoms with Gasteiger partial charge in [-0.3, -0.25) is 19.4 Å². The minimum Gasteiger partial charge on any atom is -0.480 e. The van der Waals surface area contributed by atoms with Crippen LogP contribution >= 0.6 is 23.5 Å². The molecule has 3 N–H and O–H groups in total. The van der Waals surface area contributed by atoms with E-state index in [0.717, 1.165) is 22.9 Å². The van der Waals surface area contributed by atoms with E-state index < -0.39 is 12.0 Å². The predicted octanol–water partition coefficient (Wildman–Crippen LogP) is 3.56. The van der Waals surface area contributed by atoms with Gasteiger partial charge < -0.3 is 10.8 Å². The average molecular weight is 421 g/mol. The molecule has 1 aromatic carbocycles. The van der Waals surface area contributed by atoms with E-state index in [1.165, 1.54) is 18.0 Å². The number of carboxylic acids is 1. The molecule has 1 aromatic rings. The summed E-state index contributed by atoms with van der Waals surface area (Å²) in [6.45, 7) is 5.07. The Bertz CT molecular complexity index is 775. The summed E-state index contributed by atoms with van der Waals surface area (Å²) in [6, 6.07) is 6.61. The van der Waals surface area contributed by atoms with Crippen LogP contribution in [0.25, 0.3) is 0 Å². The first-order valence-corrected chi connectivity index (χ1v) is 10.5. The third-order valence-electron chi connectivity index (χ3n) is 3.70. The molecule has 0 aromatic heterocycles. The first-order valence-electron chi connectivity index (χ1n) is 8.52. The normalized spacial score (nSPS) is 12.7. The van der Waals surface area contributed by atoms with Crippen LogP contribution < -0.4 is 5.73 Å². The number of thioether (sulfide) groups is 2. The molecule has 0 unspecified atom stereocenters. The van der Waals surface area contributed by atoms with Crippen molar-refractivity contribution in [2.45, 2.75) is 37.3 Å². The lowest BCUT2D eigenvalue weighted by molar-refractivity contribution is -0.138. The number of carbonyl (C=O) groups is 3. The van der Waals surface area contributed by atoms with Gasteiger partial charge in [0.15, 0.2) is 5.12 Å². The largest absolute Gasteiger partial charge is 0.480 e. The van der Waals surface area contributed by atoms with Crippen LogP contribution in [-0.2, 0) is 25.9 Å². The number of carbonyl (C=O) groups excluding carboxylic acids is 2. The van der Waals surface area contributed by atoms with Crippen molar-refractivity contribution >= 4 is 46.4 Å². The molecule has 1 atom stereocenters. The topological polar surface area (TPSA) is 110 Å². The molecule has 1 rings (SSSR count). The van der Waals surface area contributed by atoms with Gasteiger partial charge in [0.2, 0.25) is 5.12 Å². The number of hydrogen-bond acceptors (Lipinski definition) is 7. The first kappa shape index (κ1) is 23.9. The number of hydrogen-bond donors (Lipinski definition) is 2. The van der Waals surface area contributed by atoms with Crippen molar-refractivity contribution in [1.82, 2.24) is 0 Å². The highest BCUT2D eigenvalue weighted by molar-refractivity contribution is 8.13. The lowest BCUT2D eigenvalue weighted by atomic mass is 10.1. The van der Waals surface area contributed by atoms with Crippen LogP contribution in [0.15, 0.2) is 53.2 Å². The van der Waals surface area contributed by atoms with Gasteiger partial charge in [-0.2, -0.15) is 0 Å².